The number of allylic oxidation sites excluding steroid dienone is 6. The summed E-state index contributed by atoms with van der Waals surface area (Å²) >= 11 is 6.23. The summed E-state index contributed by atoms with van der Waals surface area (Å²) in [6.45, 7) is 14.4. The predicted octanol–water partition coefficient (Wildman–Crippen LogP) is 2.93. The van der Waals surface area contributed by atoms with Gasteiger partial charge in [-0.15, -0.1) is 11.6 Å². The zero-order chi connectivity index (χ0) is 19.4. The summed E-state index contributed by atoms with van der Waals surface area (Å²) in [5.74, 6) is 2.14. The molecule has 0 aromatic heterocycles. The summed E-state index contributed by atoms with van der Waals surface area (Å²) in [6.07, 6.45) is 16.3. The molecule has 0 amide bonds. The van der Waals surface area contributed by atoms with E-state index in [4.69, 9.17) is 11.6 Å². The van der Waals surface area contributed by atoms with E-state index in [0.29, 0.717) is 23.3 Å². The highest BCUT2D eigenvalue weighted by Gasteiger charge is 2.38. The first kappa shape index (κ1) is 29.3. The van der Waals surface area contributed by atoms with Crippen molar-refractivity contribution in [3.63, 3.8) is 0 Å². The third kappa shape index (κ3) is 7.77. The minimum absolute atomic E-state index is 0. The van der Waals surface area contributed by atoms with Crippen LogP contribution < -0.4 is 5.32 Å². The van der Waals surface area contributed by atoms with Crippen molar-refractivity contribution in [2.24, 2.45) is 23.2 Å². The first-order valence-corrected chi connectivity index (χ1v) is 11.4. The Morgan fingerprint density at radius 1 is 1.13 bits per heavy atom. The maximum absolute atomic E-state index is 6.23. The molecule has 0 spiro atoms. The monoisotopic (exact) mass is 444 g/mol. The minimum Gasteiger partial charge on any atom is -0.412 e. The number of halogens is 1. The lowest BCUT2D eigenvalue weighted by molar-refractivity contribution is 0.0627. The van der Waals surface area contributed by atoms with Crippen LogP contribution in [-0.2, 0) is 0 Å². The molecule has 1 fully saturated rings. The summed E-state index contributed by atoms with van der Waals surface area (Å²) in [5, 5.41) is 4.08. The van der Waals surface area contributed by atoms with Crippen LogP contribution in [0.5, 0.6) is 0 Å². The highest BCUT2D eigenvalue weighted by molar-refractivity contribution is 6.22. The topological polar surface area (TPSA) is 110 Å². The summed E-state index contributed by atoms with van der Waals surface area (Å²) in [4.78, 5) is 2.71. The van der Waals surface area contributed by atoms with Crippen LogP contribution in [0, 0.1) is 23.2 Å². The zero-order valence-electron chi connectivity index (χ0n) is 19.3. The number of piperidine rings is 1. The molecule has 1 heterocycles. The molecule has 2 unspecified atom stereocenters. The smallest absolute Gasteiger partial charge is 0.0553 e. The second-order valence-electron chi connectivity index (χ2n) is 9.95. The summed E-state index contributed by atoms with van der Waals surface area (Å²) < 4.78 is 0. The van der Waals surface area contributed by atoms with Gasteiger partial charge < -0.3 is 26.6 Å². The van der Waals surface area contributed by atoms with Crippen molar-refractivity contribution in [2.75, 3.05) is 26.2 Å². The maximum Gasteiger partial charge on any atom is 0.0553 e. The Morgan fingerprint density at radius 2 is 1.80 bits per heavy atom. The van der Waals surface area contributed by atoms with E-state index in [2.05, 4.69) is 68.3 Å². The summed E-state index contributed by atoms with van der Waals surface area (Å²) in [5.41, 5.74) is 1.83. The molecular formula is C24H45ClN2O3. The number of rotatable bonds is 7. The Morgan fingerprint density at radius 3 is 2.33 bits per heavy atom. The van der Waals surface area contributed by atoms with Crippen LogP contribution in [0.15, 0.2) is 36.0 Å². The molecule has 1 saturated heterocycles. The fraction of sp³-hybridized carbons (Fsp3) is 0.750. The van der Waals surface area contributed by atoms with E-state index in [1.54, 1.807) is 0 Å². The molecule has 3 atom stereocenters. The van der Waals surface area contributed by atoms with E-state index in [-0.39, 0.29) is 21.8 Å². The molecule has 1 aliphatic heterocycles. The quantitative estimate of drug-likeness (QED) is 0.481. The minimum atomic E-state index is 0. The van der Waals surface area contributed by atoms with Gasteiger partial charge in [-0.25, -0.2) is 0 Å². The Bertz CT molecular complexity index is 581. The highest BCUT2D eigenvalue weighted by atomic mass is 35.5. The van der Waals surface area contributed by atoms with Gasteiger partial charge in [0.05, 0.1) is 5.38 Å². The number of nitrogens with one attached hydrogen (secondary N) is 1. The lowest BCUT2D eigenvalue weighted by atomic mass is 9.69. The lowest BCUT2D eigenvalue weighted by Crippen LogP contribution is -2.52. The van der Waals surface area contributed by atoms with Gasteiger partial charge in [-0.3, -0.25) is 0 Å². The summed E-state index contributed by atoms with van der Waals surface area (Å²) in [7, 11) is 0. The van der Waals surface area contributed by atoms with Crippen LogP contribution in [0.3, 0.4) is 0 Å². The van der Waals surface area contributed by atoms with Crippen molar-refractivity contribution in [3.05, 3.63) is 36.0 Å². The predicted molar refractivity (Wildman–Crippen MR) is 129 cm³/mol. The number of likely N-dealkylation sites (tertiary alicyclic amines) is 1. The van der Waals surface area contributed by atoms with Crippen LogP contribution in [0.2, 0.25) is 0 Å². The zero-order valence-corrected chi connectivity index (χ0v) is 20.0. The standard InChI is InChI=1S/C24H39ClN2.3H2O/c1-18(2)23(26-15-19-7-5-6-8-19)16-27-14-13-22(24(3,4)17-27)20-9-11-21(25)12-10-20;;;/h5-6,9-11,18-19,21-23,26H,7-8,12-17H2,1-4H3;3*1H2/t21?,22?,23-;;;/m0.../s1. The van der Waals surface area contributed by atoms with Crippen molar-refractivity contribution in [3.8, 4) is 0 Å². The van der Waals surface area contributed by atoms with Gasteiger partial charge in [-0.1, -0.05) is 58.1 Å². The Balaban J connectivity index is 0.00000280. The van der Waals surface area contributed by atoms with Crippen LogP contribution in [0.25, 0.3) is 0 Å². The molecule has 0 saturated carbocycles. The molecule has 0 aromatic rings. The van der Waals surface area contributed by atoms with Gasteiger partial charge in [-0.05, 0) is 67.5 Å². The van der Waals surface area contributed by atoms with Gasteiger partial charge in [0.1, 0.15) is 0 Å². The number of hydrogen-bond donors (Lipinski definition) is 1. The van der Waals surface area contributed by atoms with E-state index in [9.17, 15) is 0 Å². The van der Waals surface area contributed by atoms with Gasteiger partial charge in [0.15, 0.2) is 0 Å². The van der Waals surface area contributed by atoms with Crippen LogP contribution in [-0.4, -0.2) is 58.9 Å². The third-order valence-corrected chi connectivity index (χ3v) is 7.14. The molecule has 0 aromatic carbocycles. The van der Waals surface area contributed by atoms with Crippen molar-refractivity contribution in [1.29, 1.82) is 0 Å². The lowest BCUT2D eigenvalue weighted by Gasteiger charge is -2.46. The normalized spacial score (nSPS) is 27.1. The molecule has 3 rings (SSSR count). The Hall–Kier alpha value is -0.690. The molecule has 2 aliphatic carbocycles. The summed E-state index contributed by atoms with van der Waals surface area (Å²) in [6, 6.07) is 0.587. The van der Waals surface area contributed by atoms with Crippen molar-refractivity contribution in [2.45, 2.75) is 64.8 Å². The van der Waals surface area contributed by atoms with Gasteiger partial charge in [-0.2, -0.15) is 0 Å². The van der Waals surface area contributed by atoms with Gasteiger partial charge in [0.25, 0.3) is 0 Å². The average Bonchev–Trinajstić information content (AvgIpc) is 3.12. The fourth-order valence-electron chi connectivity index (χ4n) is 5.06. The second kappa shape index (κ2) is 13.0. The molecule has 3 aliphatic rings. The van der Waals surface area contributed by atoms with E-state index in [1.807, 2.05) is 0 Å². The molecule has 176 valence electrons. The third-order valence-electron chi connectivity index (χ3n) is 6.82. The van der Waals surface area contributed by atoms with Crippen molar-refractivity contribution < 1.29 is 16.4 Å². The molecule has 5 nitrogen and oxygen atoms in total. The van der Waals surface area contributed by atoms with E-state index in [0.717, 1.165) is 18.9 Å². The van der Waals surface area contributed by atoms with Crippen LogP contribution >= 0.6 is 11.6 Å². The van der Waals surface area contributed by atoms with Gasteiger partial charge >= 0.3 is 0 Å². The largest absolute Gasteiger partial charge is 0.412 e. The second-order valence-corrected chi connectivity index (χ2v) is 10.5. The SMILES string of the molecule is CC(C)[C@H](CN1CCC(C2=CCC(Cl)C=C2)C(C)(C)C1)NCC1CC=CC1.O.O.O. The highest BCUT2D eigenvalue weighted by Crippen LogP contribution is 2.41. The number of alkyl halides is 1. The number of hydrogen-bond acceptors (Lipinski definition) is 2. The molecule has 7 N–H and O–H groups in total. The van der Waals surface area contributed by atoms with Crippen LogP contribution in [0.1, 0.15) is 53.4 Å². The maximum atomic E-state index is 6.23. The first-order valence-electron chi connectivity index (χ1n) is 11.0. The van der Waals surface area contributed by atoms with E-state index < -0.39 is 0 Å². The van der Waals surface area contributed by atoms with Crippen molar-refractivity contribution >= 4 is 11.6 Å². The average molecular weight is 445 g/mol. The Labute approximate surface area is 188 Å². The molecular weight excluding hydrogens is 400 g/mol. The first-order chi connectivity index (χ1) is 12.8. The number of nitrogens with zero attached hydrogens (tertiary/aromatic N) is 1. The van der Waals surface area contributed by atoms with E-state index in [1.165, 1.54) is 44.5 Å². The van der Waals surface area contributed by atoms with Crippen molar-refractivity contribution in [1.82, 2.24) is 10.2 Å². The molecule has 30 heavy (non-hydrogen) atoms. The van der Waals surface area contributed by atoms with E-state index >= 15 is 0 Å². The fourth-order valence-corrected chi connectivity index (χ4v) is 5.22. The molecule has 0 bridgehead atoms. The van der Waals surface area contributed by atoms with Crippen LogP contribution in [0.4, 0.5) is 0 Å². The van der Waals surface area contributed by atoms with Gasteiger partial charge in [0.2, 0.25) is 0 Å². The Kier molecular flexibility index (Phi) is 12.7. The molecule has 0 radical (unpaired) electrons. The van der Waals surface area contributed by atoms with Gasteiger partial charge in [0, 0.05) is 19.1 Å². The molecule has 6 heteroatoms.